The van der Waals surface area contributed by atoms with Gasteiger partial charge < -0.3 is 10.5 Å². The van der Waals surface area contributed by atoms with Crippen LogP contribution in [0.4, 0.5) is 14.5 Å². The summed E-state index contributed by atoms with van der Waals surface area (Å²) in [4.78, 5) is 20.7. The van der Waals surface area contributed by atoms with Gasteiger partial charge in [-0.1, -0.05) is 6.07 Å². The molecule has 1 aromatic rings. The maximum Gasteiger partial charge on any atom is 0.342 e. The number of nitro groups is 1. The van der Waals surface area contributed by atoms with Gasteiger partial charge >= 0.3 is 11.7 Å². The summed E-state index contributed by atoms with van der Waals surface area (Å²) in [6.45, 7) is 1.48. The Hall–Kier alpha value is -2.09. The van der Waals surface area contributed by atoms with Crippen molar-refractivity contribution in [3.63, 3.8) is 0 Å². The monoisotopic (exact) mass is 274 g/mol. The average molecular weight is 274 g/mol. The molecule has 1 aromatic carbocycles. The molecule has 0 aromatic heterocycles. The number of carbonyl (C=O) groups is 1. The molecule has 8 heteroatoms. The van der Waals surface area contributed by atoms with Crippen molar-refractivity contribution < 1.29 is 23.2 Å². The maximum atomic E-state index is 13.6. The van der Waals surface area contributed by atoms with E-state index in [1.54, 1.807) is 0 Å². The van der Waals surface area contributed by atoms with Gasteiger partial charge in [0.1, 0.15) is 0 Å². The molecule has 6 nitrogen and oxygen atoms in total. The number of benzene rings is 1. The molecule has 19 heavy (non-hydrogen) atoms. The number of esters is 1. The number of nitrogens with zero attached hydrogens (tertiary/aromatic N) is 1. The predicted octanol–water partition coefficient (Wildman–Crippen LogP) is 1.63. The normalized spacial score (nSPS) is 13.7. The number of ether oxygens (including phenoxy) is 1. The Morgan fingerprint density at radius 3 is 2.74 bits per heavy atom. The van der Waals surface area contributed by atoms with E-state index < -0.39 is 34.6 Å². The molecule has 0 fully saturated rings. The van der Waals surface area contributed by atoms with Crippen molar-refractivity contribution in [2.45, 2.75) is 19.1 Å². The van der Waals surface area contributed by atoms with Crippen molar-refractivity contribution in [3.05, 3.63) is 39.7 Å². The van der Waals surface area contributed by atoms with Crippen LogP contribution in [0.2, 0.25) is 0 Å². The SMILES string of the molecule is CCOC(=O)C(F)[C@@H](N)c1ccc(F)c([N+](=O)[O-])c1. The lowest BCUT2D eigenvalue weighted by molar-refractivity contribution is -0.387. The molecule has 2 atom stereocenters. The largest absolute Gasteiger partial charge is 0.464 e. The van der Waals surface area contributed by atoms with Crippen LogP contribution in [0.5, 0.6) is 0 Å². The van der Waals surface area contributed by atoms with Gasteiger partial charge in [-0.05, 0) is 18.6 Å². The minimum Gasteiger partial charge on any atom is -0.464 e. The molecule has 0 aliphatic heterocycles. The molecule has 0 amide bonds. The molecule has 0 spiro atoms. The zero-order chi connectivity index (χ0) is 14.6. The van der Waals surface area contributed by atoms with Crippen molar-refractivity contribution in [1.29, 1.82) is 0 Å². The van der Waals surface area contributed by atoms with Crippen molar-refractivity contribution in [2.24, 2.45) is 5.73 Å². The second-order valence-corrected chi connectivity index (χ2v) is 3.65. The van der Waals surface area contributed by atoms with Gasteiger partial charge in [-0.25, -0.2) is 9.18 Å². The number of halogens is 2. The number of nitro benzene ring substituents is 1. The minimum atomic E-state index is -2.18. The van der Waals surface area contributed by atoms with E-state index in [4.69, 9.17) is 5.73 Å². The van der Waals surface area contributed by atoms with Gasteiger partial charge in [0, 0.05) is 6.07 Å². The zero-order valence-corrected chi connectivity index (χ0v) is 10.0. The van der Waals surface area contributed by atoms with E-state index in [2.05, 4.69) is 4.74 Å². The first-order chi connectivity index (χ1) is 8.88. The molecule has 0 aliphatic carbocycles. The van der Waals surface area contributed by atoms with Crippen LogP contribution < -0.4 is 5.73 Å². The smallest absolute Gasteiger partial charge is 0.342 e. The number of nitrogens with two attached hydrogens (primary N) is 1. The lowest BCUT2D eigenvalue weighted by atomic mass is 10.0. The van der Waals surface area contributed by atoms with Crippen LogP contribution in [-0.2, 0) is 9.53 Å². The molecular formula is C11H12F2N2O4. The summed E-state index contributed by atoms with van der Waals surface area (Å²) >= 11 is 0. The van der Waals surface area contributed by atoms with Crippen LogP contribution in [0.3, 0.4) is 0 Å². The molecule has 2 N–H and O–H groups in total. The van der Waals surface area contributed by atoms with Gasteiger partial charge in [0.2, 0.25) is 12.0 Å². The predicted molar refractivity (Wildman–Crippen MR) is 61.5 cm³/mol. The highest BCUT2D eigenvalue weighted by atomic mass is 19.1. The van der Waals surface area contributed by atoms with E-state index in [0.29, 0.717) is 0 Å². The fourth-order valence-corrected chi connectivity index (χ4v) is 1.41. The van der Waals surface area contributed by atoms with Gasteiger partial charge in [0.25, 0.3) is 0 Å². The highest BCUT2D eigenvalue weighted by molar-refractivity contribution is 5.75. The number of rotatable bonds is 5. The molecule has 0 radical (unpaired) electrons. The van der Waals surface area contributed by atoms with E-state index in [-0.39, 0.29) is 12.2 Å². The van der Waals surface area contributed by atoms with E-state index in [9.17, 15) is 23.7 Å². The summed E-state index contributed by atoms with van der Waals surface area (Å²) in [6, 6.07) is 1.22. The first-order valence-corrected chi connectivity index (χ1v) is 5.38. The molecule has 0 heterocycles. The van der Waals surface area contributed by atoms with Crippen LogP contribution in [0, 0.1) is 15.9 Å². The third-order valence-corrected chi connectivity index (χ3v) is 2.38. The molecule has 0 saturated carbocycles. The number of hydrogen-bond donors (Lipinski definition) is 1. The Bertz CT molecular complexity index is 496. The van der Waals surface area contributed by atoms with Crippen LogP contribution in [0.15, 0.2) is 18.2 Å². The lowest BCUT2D eigenvalue weighted by Gasteiger charge is -2.15. The topological polar surface area (TPSA) is 95.5 Å². The zero-order valence-electron chi connectivity index (χ0n) is 10.0. The van der Waals surface area contributed by atoms with E-state index >= 15 is 0 Å². The van der Waals surface area contributed by atoms with Crippen molar-refractivity contribution in [3.8, 4) is 0 Å². The van der Waals surface area contributed by atoms with Gasteiger partial charge in [0.15, 0.2) is 0 Å². The number of alkyl halides is 1. The second kappa shape index (κ2) is 6.19. The van der Waals surface area contributed by atoms with Gasteiger partial charge in [0.05, 0.1) is 17.6 Å². The minimum absolute atomic E-state index is 0.0183. The molecule has 0 bridgehead atoms. The Balaban J connectivity index is 3.00. The Kier molecular flexibility index (Phi) is 4.87. The number of carbonyl (C=O) groups excluding carboxylic acids is 1. The van der Waals surface area contributed by atoms with Crippen LogP contribution in [0.1, 0.15) is 18.5 Å². The fraction of sp³-hybridized carbons (Fsp3) is 0.364. The van der Waals surface area contributed by atoms with Crippen molar-refractivity contribution in [2.75, 3.05) is 6.61 Å². The summed E-state index contributed by atoms with van der Waals surface area (Å²) in [5.41, 5.74) is 4.58. The lowest BCUT2D eigenvalue weighted by Crippen LogP contribution is -2.31. The van der Waals surface area contributed by atoms with E-state index in [1.165, 1.54) is 6.92 Å². The van der Waals surface area contributed by atoms with E-state index in [0.717, 1.165) is 18.2 Å². The molecule has 0 aliphatic rings. The van der Waals surface area contributed by atoms with Gasteiger partial charge in [-0.3, -0.25) is 10.1 Å². The highest BCUT2D eigenvalue weighted by Crippen LogP contribution is 2.24. The number of hydrogen-bond acceptors (Lipinski definition) is 5. The van der Waals surface area contributed by atoms with Crippen LogP contribution in [0.25, 0.3) is 0 Å². The Morgan fingerprint density at radius 2 is 2.21 bits per heavy atom. The summed E-state index contributed by atoms with van der Waals surface area (Å²) in [6.07, 6.45) is -2.18. The highest BCUT2D eigenvalue weighted by Gasteiger charge is 2.29. The summed E-state index contributed by atoms with van der Waals surface area (Å²) in [5, 5.41) is 10.5. The first-order valence-electron chi connectivity index (χ1n) is 5.38. The molecule has 1 rings (SSSR count). The summed E-state index contributed by atoms with van der Waals surface area (Å²) in [5.74, 6) is -2.23. The molecular weight excluding hydrogens is 262 g/mol. The third kappa shape index (κ3) is 3.44. The first kappa shape index (κ1) is 15.0. The second-order valence-electron chi connectivity index (χ2n) is 3.65. The van der Waals surface area contributed by atoms with E-state index in [1.807, 2.05) is 0 Å². The van der Waals surface area contributed by atoms with Crippen LogP contribution >= 0.6 is 0 Å². The van der Waals surface area contributed by atoms with Crippen LogP contribution in [-0.4, -0.2) is 23.7 Å². The molecule has 1 unspecified atom stereocenters. The standard InChI is InChI=1S/C11H12F2N2O4/c1-2-19-11(16)9(13)10(14)6-3-4-7(12)8(5-6)15(17)18/h3-5,9-10H,2,14H2,1H3/t9?,10-/m0/s1. The average Bonchev–Trinajstić information content (AvgIpc) is 2.37. The summed E-state index contributed by atoms with van der Waals surface area (Å²) in [7, 11) is 0. The van der Waals surface area contributed by atoms with Gasteiger partial charge in [-0.2, -0.15) is 4.39 Å². The Morgan fingerprint density at radius 1 is 1.58 bits per heavy atom. The summed E-state index contributed by atoms with van der Waals surface area (Å²) < 4.78 is 31.2. The Labute approximate surface area is 107 Å². The molecule has 104 valence electrons. The fourth-order valence-electron chi connectivity index (χ4n) is 1.41. The third-order valence-electron chi connectivity index (χ3n) is 2.38. The molecule has 0 saturated heterocycles. The van der Waals surface area contributed by atoms with Gasteiger partial charge in [-0.15, -0.1) is 0 Å². The van der Waals surface area contributed by atoms with Crippen molar-refractivity contribution >= 4 is 11.7 Å². The maximum absolute atomic E-state index is 13.6. The quantitative estimate of drug-likeness (QED) is 0.500. The van der Waals surface area contributed by atoms with Crippen molar-refractivity contribution in [1.82, 2.24) is 0 Å².